The summed E-state index contributed by atoms with van der Waals surface area (Å²) in [4.78, 5) is 14.7. The van der Waals surface area contributed by atoms with Gasteiger partial charge in [-0.25, -0.2) is 0 Å². The van der Waals surface area contributed by atoms with E-state index in [1.54, 1.807) is 24.1 Å². The number of nitrogens with zero attached hydrogens (tertiary/aromatic N) is 2. The molecule has 24 heavy (non-hydrogen) atoms. The second kappa shape index (κ2) is 9.16. The van der Waals surface area contributed by atoms with E-state index in [-0.39, 0.29) is 5.91 Å². The van der Waals surface area contributed by atoms with Crippen LogP contribution in [-0.4, -0.2) is 31.1 Å². The molecule has 0 fully saturated rings. The van der Waals surface area contributed by atoms with E-state index < -0.39 is 0 Å². The van der Waals surface area contributed by atoms with E-state index in [9.17, 15) is 4.79 Å². The highest BCUT2D eigenvalue weighted by Gasteiger charge is 2.19. The summed E-state index contributed by atoms with van der Waals surface area (Å²) in [6.45, 7) is 1.43. The van der Waals surface area contributed by atoms with Crippen LogP contribution >= 0.6 is 38.5 Å². The highest BCUT2D eigenvalue weighted by atomic mass is 127. The Balaban J connectivity index is 2.24. The Morgan fingerprint density at radius 1 is 1.29 bits per heavy atom. The van der Waals surface area contributed by atoms with Crippen LogP contribution in [0, 0.1) is 14.9 Å². The Morgan fingerprint density at radius 2 is 2.00 bits per heavy atom. The Labute approximate surface area is 163 Å². The molecule has 0 saturated carbocycles. The third-order valence-corrected chi connectivity index (χ3v) is 4.90. The number of hydrogen-bond acceptors (Lipinski definition) is 3. The van der Waals surface area contributed by atoms with E-state index in [2.05, 4.69) is 44.6 Å². The molecule has 0 radical (unpaired) electrons. The van der Waals surface area contributed by atoms with Crippen LogP contribution in [0.5, 0.6) is 0 Å². The van der Waals surface area contributed by atoms with Crippen molar-refractivity contribution in [2.75, 3.05) is 20.3 Å². The van der Waals surface area contributed by atoms with E-state index >= 15 is 0 Å². The molecule has 124 valence electrons. The summed E-state index contributed by atoms with van der Waals surface area (Å²) in [5.41, 5.74) is 2.24. The maximum atomic E-state index is 12.9. The highest BCUT2D eigenvalue weighted by molar-refractivity contribution is 14.1. The number of benzene rings is 2. The molecule has 0 N–H and O–H groups in total. The van der Waals surface area contributed by atoms with Crippen molar-refractivity contribution in [1.29, 1.82) is 5.26 Å². The van der Waals surface area contributed by atoms with Gasteiger partial charge in [0.15, 0.2) is 0 Å². The number of ether oxygens (including phenoxy) is 1. The van der Waals surface area contributed by atoms with E-state index in [0.717, 1.165) is 13.6 Å². The van der Waals surface area contributed by atoms with E-state index in [1.807, 2.05) is 30.3 Å². The van der Waals surface area contributed by atoms with Crippen molar-refractivity contribution in [3.05, 3.63) is 67.2 Å². The molecule has 0 spiro atoms. The summed E-state index contributed by atoms with van der Waals surface area (Å²) in [5.74, 6) is -0.0397. The van der Waals surface area contributed by atoms with Crippen molar-refractivity contribution in [3.8, 4) is 6.07 Å². The molecule has 0 aliphatic heterocycles. The zero-order chi connectivity index (χ0) is 17.5. The fourth-order valence-electron chi connectivity index (χ4n) is 2.19. The highest BCUT2D eigenvalue weighted by Crippen LogP contribution is 2.21. The van der Waals surface area contributed by atoms with Gasteiger partial charge < -0.3 is 9.64 Å². The summed E-state index contributed by atoms with van der Waals surface area (Å²) < 4.78 is 6.92. The molecular formula is C18H16BrIN2O2. The quantitative estimate of drug-likeness (QED) is 0.560. The van der Waals surface area contributed by atoms with Crippen molar-refractivity contribution in [3.63, 3.8) is 0 Å². The average molecular weight is 499 g/mol. The second-order valence-electron chi connectivity index (χ2n) is 5.15. The smallest absolute Gasteiger partial charge is 0.255 e. The average Bonchev–Trinajstić information content (AvgIpc) is 2.60. The normalized spacial score (nSPS) is 10.2. The first-order valence-electron chi connectivity index (χ1n) is 7.27. The minimum atomic E-state index is -0.0397. The van der Waals surface area contributed by atoms with Gasteiger partial charge in [-0.2, -0.15) is 5.26 Å². The number of rotatable bonds is 6. The van der Waals surface area contributed by atoms with Gasteiger partial charge in [0.05, 0.1) is 23.8 Å². The number of halogens is 2. The predicted octanol–water partition coefficient (Wildman–Crippen LogP) is 4.21. The van der Waals surface area contributed by atoms with Gasteiger partial charge in [0.2, 0.25) is 0 Å². The maximum absolute atomic E-state index is 12.9. The van der Waals surface area contributed by atoms with Crippen LogP contribution in [0.3, 0.4) is 0 Å². The molecular weight excluding hydrogens is 483 g/mol. The lowest BCUT2D eigenvalue weighted by molar-refractivity contribution is 0.0679. The minimum Gasteiger partial charge on any atom is -0.383 e. The van der Waals surface area contributed by atoms with Crippen LogP contribution in [0.1, 0.15) is 21.5 Å². The maximum Gasteiger partial charge on any atom is 0.255 e. The van der Waals surface area contributed by atoms with Gasteiger partial charge in [-0.1, -0.05) is 28.1 Å². The van der Waals surface area contributed by atoms with Crippen molar-refractivity contribution >= 4 is 44.4 Å². The first-order valence-corrected chi connectivity index (χ1v) is 9.14. The topological polar surface area (TPSA) is 53.3 Å². The van der Waals surface area contributed by atoms with Gasteiger partial charge in [-0.3, -0.25) is 4.79 Å². The predicted molar refractivity (Wildman–Crippen MR) is 105 cm³/mol. The van der Waals surface area contributed by atoms with Gasteiger partial charge in [-0.05, 0) is 58.5 Å². The van der Waals surface area contributed by atoms with Crippen LogP contribution in [0.4, 0.5) is 0 Å². The summed E-state index contributed by atoms with van der Waals surface area (Å²) in [6.07, 6.45) is 0. The fraction of sp³-hybridized carbons (Fsp3) is 0.222. The van der Waals surface area contributed by atoms with Crippen molar-refractivity contribution in [2.24, 2.45) is 0 Å². The largest absolute Gasteiger partial charge is 0.383 e. The molecule has 0 bridgehead atoms. The summed E-state index contributed by atoms with van der Waals surface area (Å²) in [7, 11) is 1.62. The van der Waals surface area contributed by atoms with E-state index in [0.29, 0.717) is 30.8 Å². The molecule has 2 aromatic carbocycles. The molecule has 0 aliphatic rings. The van der Waals surface area contributed by atoms with Crippen LogP contribution < -0.4 is 0 Å². The number of methoxy groups -OCH3 is 1. The third-order valence-electron chi connectivity index (χ3n) is 3.47. The van der Waals surface area contributed by atoms with Gasteiger partial charge in [-0.15, -0.1) is 0 Å². The molecule has 2 rings (SSSR count). The van der Waals surface area contributed by atoms with Crippen molar-refractivity contribution < 1.29 is 9.53 Å². The number of carbonyl (C=O) groups is 1. The number of carbonyl (C=O) groups excluding carboxylic acids is 1. The lowest BCUT2D eigenvalue weighted by Crippen LogP contribution is -2.34. The molecule has 0 saturated heterocycles. The van der Waals surface area contributed by atoms with Gasteiger partial charge in [0, 0.05) is 28.2 Å². The summed E-state index contributed by atoms with van der Waals surface area (Å²) in [5, 5.41) is 8.88. The molecule has 6 heteroatoms. The van der Waals surface area contributed by atoms with Gasteiger partial charge in [0.1, 0.15) is 0 Å². The molecule has 0 atom stereocenters. The first kappa shape index (κ1) is 18.9. The van der Waals surface area contributed by atoms with Crippen molar-refractivity contribution in [2.45, 2.75) is 6.54 Å². The fourth-order valence-corrected chi connectivity index (χ4v) is 3.12. The minimum absolute atomic E-state index is 0.0397. The number of amides is 1. The first-order chi connectivity index (χ1) is 11.5. The van der Waals surface area contributed by atoms with Crippen molar-refractivity contribution in [1.82, 2.24) is 4.90 Å². The van der Waals surface area contributed by atoms with Crippen LogP contribution in [0.2, 0.25) is 0 Å². The van der Waals surface area contributed by atoms with Gasteiger partial charge in [0.25, 0.3) is 5.91 Å². The number of hydrogen-bond donors (Lipinski definition) is 0. The standard InChI is InChI=1S/C18H16BrIN2O2/c1-24-9-8-22(12-14-4-2-13(11-21)3-5-14)18(23)16-10-15(19)6-7-17(16)20/h2-7,10H,8-9,12H2,1H3. The lowest BCUT2D eigenvalue weighted by atomic mass is 10.1. The SMILES string of the molecule is COCCN(Cc1ccc(C#N)cc1)C(=O)c1cc(Br)ccc1I. The molecule has 0 heterocycles. The molecule has 0 aromatic heterocycles. The van der Waals surface area contributed by atoms with Gasteiger partial charge >= 0.3 is 0 Å². The van der Waals surface area contributed by atoms with E-state index in [4.69, 9.17) is 10.00 Å². The monoisotopic (exact) mass is 498 g/mol. The lowest BCUT2D eigenvalue weighted by Gasteiger charge is -2.23. The Bertz CT molecular complexity index is 757. The van der Waals surface area contributed by atoms with E-state index in [1.165, 1.54) is 0 Å². The molecule has 4 nitrogen and oxygen atoms in total. The Morgan fingerprint density at radius 3 is 2.62 bits per heavy atom. The summed E-state index contributed by atoms with van der Waals surface area (Å²) in [6, 6.07) is 15.0. The second-order valence-corrected chi connectivity index (χ2v) is 7.23. The molecule has 0 aliphatic carbocycles. The number of nitriles is 1. The zero-order valence-corrected chi connectivity index (χ0v) is 16.9. The van der Waals surface area contributed by atoms with Crippen LogP contribution in [0.15, 0.2) is 46.9 Å². The molecule has 0 unspecified atom stereocenters. The Kier molecular flexibility index (Phi) is 7.21. The summed E-state index contributed by atoms with van der Waals surface area (Å²) >= 11 is 5.59. The van der Waals surface area contributed by atoms with Crippen LogP contribution in [0.25, 0.3) is 0 Å². The Hall–Kier alpha value is -1.43. The zero-order valence-electron chi connectivity index (χ0n) is 13.1. The molecule has 1 amide bonds. The third kappa shape index (κ3) is 5.03. The van der Waals surface area contributed by atoms with Crippen LogP contribution in [-0.2, 0) is 11.3 Å². The molecule has 2 aromatic rings.